The Labute approximate surface area is 546 Å². The van der Waals surface area contributed by atoms with Gasteiger partial charge in [0.15, 0.2) is 28.8 Å². The molecular formula is C75H90N2O16. The monoisotopic (exact) mass is 1270 g/mol. The van der Waals surface area contributed by atoms with Crippen molar-refractivity contribution in [3.63, 3.8) is 0 Å². The van der Waals surface area contributed by atoms with Crippen molar-refractivity contribution in [2.24, 2.45) is 0 Å². The van der Waals surface area contributed by atoms with Crippen LogP contribution in [0.5, 0.6) is 34.5 Å². The molecule has 496 valence electrons. The van der Waals surface area contributed by atoms with E-state index < -0.39 is 72.3 Å². The molecule has 1 fully saturated rings. The minimum Gasteiger partial charge on any atom is -0.504 e. The number of aliphatic hydroxyl groups excluding tert-OH is 2. The number of rotatable bonds is 30. The van der Waals surface area contributed by atoms with Crippen LogP contribution in [0.1, 0.15) is 162 Å². The van der Waals surface area contributed by atoms with E-state index >= 15 is 0 Å². The predicted octanol–water partition coefficient (Wildman–Crippen LogP) is 13.3. The first-order valence-corrected chi connectivity index (χ1v) is 32.5. The Morgan fingerprint density at radius 2 is 0.828 bits per heavy atom. The minimum atomic E-state index is -1.45. The van der Waals surface area contributed by atoms with E-state index in [1.807, 2.05) is 24.3 Å². The fourth-order valence-corrected chi connectivity index (χ4v) is 11.4. The molecule has 2 aliphatic carbocycles. The molecule has 2 amide bonds. The van der Waals surface area contributed by atoms with Crippen LogP contribution < -0.4 is 29.6 Å². The summed E-state index contributed by atoms with van der Waals surface area (Å²) >= 11 is 0. The highest BCUT2D eigenvalue weighted by Crippen LogP contribution is 2.51. The number of hydrogen-bond acceptors (Lipinski definition) is 16. The lowest BCUT2D eigenvalue weighted by Crippen LogP contribution is -2.57. The van der Waals surface area contributed by atoms with Crippen LogP contribution in [0.3, 0.4) is 0 Å². The number of nitrogens with one attached hydrogen (secondary N) is 2. The van der Waals surface area contributed by atoms with Crippen LogP contribution in [0, 0.1) is 0 Å². The molecule has 5 aliphatic heterocycles. The van der Waals surface area contributed by atoms with Crippen molar-refractivity contribution in [1.29, 1.82) is 0 Å². The molecule has 5 heterocycles. The van der Waals surface area contributed by atoms with Gasteiger partial charge in [-0.2, -0.15) is 0 Å². The van der Waals surface area contributed by atoms with Crippen molar-refractivity contribution in [2.75, 3.05) is 13.6 Å². The van der Waals surface area contributed by atoms with Crippen LogP contribution in [-0.2, 0) is 28.5 Å². The molecule has 8 atom stereocenters. The van der Waals surface area contributed by atoms with Crippen LogP contribution in [-0.4, -0.2) is 112 Å². The van der Waals surface area contributed by atoms with Crippen LogP contribution in [0.25, 0.3) is 11.1 Å². The lowest BCUT2D eigenvalue weighted by molar-refractivity contribution is -0.166. The number of hydrogen-bond donors (Lipinski definition) is 6. The van der Waals surface area contributed by atoms with Crippen molar-refractivity contribution in [3.8, 4) is 34.5 Å². The maximum absolute atomic E-state index is 13.1. The highest BCUT2D eigenvalue weighted by molar-refractivity contribution is 6.08. The second-order valence-electron chi connectivity index (χ2n) is 23.3. The molecule has 6 N–H and O–H groups in total. The predicted molar refractivity (Wildman–Crippen MR) is 357 cm³/mol. The summed E-state index contributed by atoms with van der Waals surface area (Å²) in [5.41, 5.74) is 1.92. The molecule has 2 aromatic carbocycles. The summed E-state index contributed by atoms with van der Waals surface area (Å²) < 4.78 is 45.3. The summed E-state index contributed by atoms with van der Waals surface area (Å²) in [7, 11) is 0. The first-order valence-electron chi connectivity index (χ1n) is 32.5. The van der Waals surface area contributed by atoms with Crippen molar-refractivity contribution in [3.05, 3.63) is 192 Å². The van der Waals surface area contributed by atoms with Gasteiger partial charge in [0.25, 0.3) is 11.8 Å². The van der Waals surface area contributed by atoms with E-state index in [2.05, 4.69) is 146 Å². The Hall–Kier alpha value is -8.68. The van der Waals surface area contributed by atoms with Crippen LogP contribution in [0.4, 0.5) is 0 Å². The van der Waals surface area contributed by atoms with Gasteiger partial charge in [-0.15, -0.1) is 0 Å². The Balaban J connectivity index is 0.000000240. The van der Waals surface area contributed by atoms with Gasteiger partial charge in [0.1, 0.15) is 36.6 Å². The van der Waals surface area contributed by atoms with E-state index in [9.17, 15) is 39.6 Å². The van der Waals surface area contributed by atoms with Gasteiger partial charge in [-0.3, -0.25) is 19.2 Å². The van der Waals surface area contributed by atoms with E-state index in [1.54, 1.807) is 32.1 Å². The number of aromatic hydroxyl groups is 2. The molecule has 0 spiro atoms. The Kier molecular flexibility index (Phi) is 27.1. The van der Waals surface area contributed by atoms with Gasteiger partial charge in [0.05, 0.1) is 23.2 Å². The number of ether oxygens (including phenoxy) is 8. The molecule has 1 saturated heterocycles. The molecule has 0 saturated carbocycles. The molecule has 0 bridgehead atoms. The highest BCUT2D eigenvalue weighted by atomic mass is 16.8. The lowest BCUT2D eigenvalue weighted by Gasteiger charge is -2.40. The van der Waals surface area contributed by atoms with Gasteiger partial charge in [-0.25, -0.2) is 0 Å². The van der Waals surface area contributed by atoms with Gasteiger partial charge >= 0.3 is 11.9 Å². The minimum absolute atomic E-state index is 0.0342. The zero-order valence-electron chi connectivity index (χ0n) is 53.7. The smallest absolute Gasteiger partial charge is 0.306 e. The van der Waals surface area contributed by atoms with Crippen molar-refractivity contribution < 1.29 is 77.5 Å². The summed E-state index contributed by atoms with van der Waals surface area (Å²) in [6.07, 6.45) is 61.0. The van der Waals surface area contributed by atoms with E-state index in [1.165, 1.54) is 6.08 Å². The number of esters is 2. The molecule has 9 rings (SSSR count). The molecule has 18 heteroatoms. The van der Waals surface area contributed by atoms with Crippen molar-refractivity contribution in [1.82, 2.24) is 10.6 Å². The Morgan fingerprint density at radius 3 is 1.24 bits per heavy atom. The zero-order chi connectivity index (χ0) is 66.0. The number of allylic oxidation sites excluding steroid dienone is 24. The van der Waals surface area contributed by atoms with Gasteiger partial charge in [-0.05, 0) is 139 Å². The first kappa shape index (κ1) is 70.2. The number of fused-ring (bicyclic) bond motifs is 10. The summed E-state index contributed by atoms with van der Waals surface area (Å²) in [5.74, 6) is -2.78. The van der Waals surface area contributed by atoms with E-state index in [4.69, 9.17) is 37.9 Å². The molecular weight excluding hydrogens is 1180 g/mol. The SMILES string of the molecule is CC/C=C\C/C=C\C/C=C\C/C=C\C/C=C\C/C=C\CCC(=O)O[C@H]1C=C2c3cc4c(c(O)c3C(=O)N[C@H]2[C@@H]2OC(C)(C)O[C@@H]21)OCO4.CC/C=C\C/C=C\C/C=C\C/C=C\C/C=C\C/C=C\CCC(=O)O[C@H]1C=C2c3cc4c(c(O)c3C(=O)N[C@H]2[C@H](O)[C@@H]1O)OCO4. The molecule has 0 aromatic heterocycles. The molecule has 0 radical (unpaired) electrons. The number of phenolic OH excluding ortho intramolecular Hbond substituents is 2. The Bertz CT molecular complexity index is 3370. The molecule has 2 aromatic rings. The maximum Gasteiger partial charge on any atom is 0.306 e. The molecule has 93 heavy (non-hydrogen) atoms. The molecule has 18 nitrogen and oxygen atoms in total. The van der Waals surface area contributed by atoms with E-state index in [0.717, 1.165) is 77.0 Å². The fourth-order valence-electron chi connectivity index (χ4n) is 11.4. The summed E-state index contributed by atoms with van der Waals surface area (Å²) in [6, 6.07) is 1.70. The maximum atomic E-state index is 13.1. The van der Waals surface area contributed by atoms with Crippen LogP contribution in [0.2, 0.25) is 0 Å². The average molecular weight is 1280 g/mol. The van der Waals surface area contributed by atoms with Gasteiger partial charge in [-0.1, -0.05) is 160 Å². The number of aliphatic hydroxyl groups is 2. The second kappa shape index (κ2) is 36.0. The largest absolute Gasteiger partial charge is 0.504 e. The number of carbonyl (C=O) groups excluding carboxylic acids is 4. The van der Waals surface area contributed by atoms with Gasteiger partial charge < -0.3 is 69.0 Å². The Morgan fingerprint density at radius 1 is 0.484 bits per heavy atom. The lowest BCUT2D eigenvalue weighted by atomic mass is 9.79. The number of carbonyl (C=O) groups is 4. The quantitative estimate of drug-likeness (QED) is 0.0314. The van der Waals surface area contributed by atoms with Gasteiger partial charge in [0.2, 0.25) is 25.1 Å². The third-order valence-corrected chi connectivity index (χ3v) is 15.9. The zero-order valence-corrected chi connectivity index (χ0v) is 53.7. The first-order chi connectivity index (χ1) is 45.2. The third kappa shape index (κ3) is 19.7. The number of amides is 2. The second-order valence-corrected chi connectivity index (χ2v) is 23.3. The van der Waals surface area contributed by atoms with Crippen LogP contribution in [0.15, 0.2) is 170 Å². The van der Waals surface area contributed by atoms with E-state index in [0.29, 0.717) is 40.9 Å². The van der Waals surface area contributed by atoms with Crippen molar-refractivity contribution in [2.45, 2.75) is 185 Å². The highest BCUT2D eigenvalue weighted by Gasteiger charge is 2.55. The molecule has 7 aliphatic rings. The summed E-state index contributed by atoms with van der Waals surface area (Å²) in [4.78, 5) is 51.4. The molecule has 0 unspecified atom stereocenters. The number of benzene rings is 2. The van der Waals surface area contributed by atoms with E-state index in [-0.39, 0.29) is 72.3 Å². The standard InChI is InChI=1S/C39H47NO8.C36H43NO8/c1-4-5-6-7-8-9-10-11-12-13-14-15-16-17-18-19-20-21-22-23-31(41)46-30-25-28-27-24-29-35(45-26-44-29)34(42)32(27)38(43)40-33(28)37-36(30)47-39(2,3)48-37;1-2-3-4-5-6-7-8-9-10-11-12-13-14-15-16-17-18-19-20-21-29(38)45-27-23-26-25-22-28-35(44-24-43-28)33(40)30(25)36(42)37-31(26)34(41)32(27)39/h5-6,8-9,11-12,14-15,17-18,20-21,24-25,30,33,36-37,42H,4,7,10,13,16,19,22-23,26H2,1-3H3,(H,40,43);3-4,6-7,9-10,12-13,15-16,18-19,22-23,27,31-32,34,39-41H,2,5,8,11,14,17,20-21,24H2,1H3,(H,37,42)/b6-5-,9-8-,12-11-,15-14-,18-17-,21-20-;4-3-,7-6-,10-9-,13-12-,16-15-,19-18-/t30-,33+,36+,37-;27-,31+,32+,34-/m00/s1. The normalized spacial score (nSPS) is 23.5. The average Bonchev–Trinajstić information content (AvgIpc) is 1.73. The van der Waals surface area contributed by atoms with Crippen molar-refractivity contribution >= 4 is 34.9 Å². The third-order valence-electron chi connectivity index (χ3n) is 15.9. The van der Waals surface area contributed by atoms with Gasteiger partial charge in [0, 0.05) is 24.0 Å². The number of phenols is 2. The summed E-state index contributed by atoms with van der Waals surface area (Å²) in [6.45, 7) is 7.69. The fraction of sp³-hybridized carbons (Fsp3) is 0.413. The topological polar surface area (TPSA) is 247 Å². The summed E-state index contributed by atoms with van der Waals surface area (Å²) in [5, 5.41) is 48.4. The van der Waals surface area contributed by atoms with Crippen LogP contribution >= 0.6 is 0 Å².